The SMILES string of the molecule is CCCNC(C)c1cnn(CCCCC#N)c1. The van der Waals surface area contributed by atoms with Gasteiger partial charge in [-0.05, 0) is 32.7 Å². The van der Waals surface area contributed by atoms with Gasteiger partial charge in [-0.1, -0.05) is 6.92 Å². The van der Waals surface area contributed by atoms with E-state index >= 15 is 0 Å². The molecule has 0 saturated carbocycles. The van der Waals surface area contributed by atoms with Crippen molar-refractivity contribution in [2.45, 2.75) is 52.1 Å². The van der Waals surface area contributed by atoms with Crippen LogP contribution in [0.4, 0.5) is 0 Å². The van der Waals surface area contributed by atoms with Gasteiger partial charge >= 0.3 is 0 Å². The lowest BCUT2D eigenvalue weighted by molar-refractivity contribution is 0.554. The highest BCUT2D eigenvalue weighted by molar-refractivity contribution is 5.09. The summed E-state index contributed by atoms with van der Waals surface area (Å²) in [6, 6.07) is 2.52. The monoisotopic (exact) mass is 234 g/mol. The number of unbranched alkanes of at least 4 members (excludes halogenated alkanes) is 2. The summed E-state index contributed by atoms with van der Waals surface area (Å²) in [4.78, 5) is 0. The summed E-state index contributed by atoms with van der Waals surface area (Å²) >= 11 is 0. The number of nitriles is 1. The second kappa shape index (κ2) is 7.86. The zero-order valence-corrected chi connectivity index (χ0v) is 10.8. The van der Waals surface area contributed by atoms with Crippen LogP contribution in [0.25, 0.3) is 0 Å². The van der Waals surface area contributed by atoms with Gasteiger partial charge < -0.3 is 5.32 Å². The molecule has 0 saturated heterocycles. The third-order valence-electron chi connectivity index (χ3n) is 2.78. The van der Waals surface area contributed by atoms with E-state index in [-0.39, 0.29) is 0 Å². The van der Waals surface area contributed by atoms with Crippen LogP contribution in [0.5, 0.6) is 0 Å². The molecule has 0 amide bonds. The van der Waals surface area contributed by atoms with Crippen LogP contribution in [0.3, 0.4) is 0 Å². The maximum Gasteiger partial charge on any atom is 0.0621 e. The molecule has 94 valence electrons. The van der Waals surface area contributed by atoms with Gasteiger partial charge in [0.25, 0.3) is 0 Å². The van der Waals surface area contributed by atoms with E-state index < -0.39 is 0 Å². The van der Waals surface area contributed by atoms with Crippen LogP contribution < -0.4 is 5.32 Å². The highest BCUT2D eigenvalue weighted by Gasteiger charge is 2.06. The molecular weight excluding hydrogens is 212 g/mol. The maximum absolute atomic E-state index is 8.44. The van der Waals surface area contributed by atoms with Crippen molar-refractivity contribution in [3.05, 3.63) is 18.0 Å². The second-order valence-corrected chi connectivity index (χ2v) is 4.33. The van der Waals surface area contributed by atoms with Crippen LogP contribution in [0.2, 0.25) is 0 Å². The molecule has 0 spiro atoms. The van der Waals surface area contributed by atoms with Crippen molar-refractivity contribution in [3.63, 3.8) is 0 Å². The van der Waals surface area contributed by atoms with Crippen LogP contribution in [-0.2, 0) is 6.54 Å². The molecule has 1 aromatic rings. The molecule has 0 aromatic carbocycles. The number of rotatable bonds is 8. The Labute approximate surface area is 104 Å². The topological polar surface area (TPSA) is 53.6 Å². The Kier molecular flexibility index (Phi) is 6.34. The summed E-state index contributed by atoms with van der Waals surface area (Å²) in [6.45, 7) is 6.27. The molecule has 1 heterocycles. The van der Waals surface area contributed by atoms with Gasteiger partial charge in [0.1, 0.15) is 0 Å². The van der Waals surface area contributed by atoms with Gasteiger partial charge in [-0.15, -0.1) is 0 Å². The number of hydrogen-bond acceptors (Lipinski definition) is 3. The van der Waals surface area contributed by atoms with Gasteiger partial charge in [0.15, 0.2) is 0 Å². The van der Waals surface area contributed by atoms with E-state index in [0.717, 1.165) is 32.4 Å². The first-order valence-corrected chi connectivity index (χ1v) is 6.40. The lowest BCUT2D eigenvalue weighted by Gasteiger charge is -2.10. The van der Waals surface area contributed by atoms with E-state index in [1.165, 1.54) is 5.56 Å². The molecule has 1 N–H and O–H groups in total. The van der Waals surface area contributed by atoms with Crippen LogP contribution in [-0.4, -0.2) is 16.3 Å². The molecular formula is C13H22N4. The van der Waals surface area contributed by atoms with Gasteiger partial charge in [-0.2, -0.15) is 10.4 Å². The molecule has 0 aliphatic heterocycles. The first kappa shape index (κ1) is 13.7. The lowest BCUT2D eigenvalue weighted by atomic mass is 10.2. The zero-order chi connectivity index (χ0) is 12.5. The second-order valence-electron chi connectivity index (χ2n) is 4.33. The van der Waals surface area contributed by atoms with Crippen molar-refractivity contribution in [1.29, 1.82) is 5.26 Å². The molecule has 1 atom stereocenters. The molecule has 0 fully saturated rings. The quantitative estimate of drug-likeness (QED) is 0.703. The minimum absolute atomic E-state index is 0.364. The molecule has 4 heteroatoms. The predicted octanol–water partition coefficient (Wildman–Crippen LogP) is 2.64. The van der Waals surface area contributed by atoms with Crippen molar-refractivity contribution in [2.24, 2.45) is 0 Å². The number of aryl methyl sites for hydroxylation is 1. The van der Waals surface area contributed by atoms with Crippen molar-refractivity contribution >= 4 is 0 Å². The molecule has 4 nitrogen and oxygen atoms in total. The Hall–Kier alpha value is -1.34. The van der Waals surface area contributed by atoms with E-state index in [1.807, 2.05) is 10.9 Å². The predicted molar refractivity (Wildman–Crippen MR) is 68.4 cm³/mol. The fourth-order valence-electron chi connectivity index (χ4n) is 1.68. The molecule has 0 aliphatic rings. The third kappa shape index (κ3) is 5.01. The van der Waals surface area contributed by atoms with Crippen molar-refractivity contribution < 1.29 is 0 Å². The Morgan fingerprint density at radius 3 is 3.06 bits per heavy atom. The van der Waals surface area contributed by atoms with E-state index in [9.17, 15) is 0 Å². The smallest absolute Gasteiger partial charge is 0.0621 e. The van der Waals surface area contributed by atoms with E-state index in [1.54, 1.807) is 0 Å². The summed E-state index contributed by atoms with van der Waals surface area (Å²) in [7, 11) is 0. The fourth-order valence-corrected chi connectivity index (χ4v) is 1.68. The fraction of sp³-hybridized carbons (Fsp3) is 0.692. The number of aromatic nitrogens is 2. The molecule has 1 rings (SSSR count). The first-order valence-electron chi connectivity index (χ1n) is 6.40. The van der Waals surface area contributed by atoms with E-state index in [2.05, 4.69) is 36.5 Å². The van der Waals surface area contributed by atoms with Gasteiger partial charge in [-0.3, -0.25) is 4.68 Å². The summed E-state index contributed by atoms with van der Waals surface area (Å²) < 4.78 is 1.97. The summed E-state index contributed by atoms with van der Waals surface area (Å²) in [5.41, 5.74) is 1.23. The normalized spacial score (nSPS) is 12.3. The minimum Gasteiger partial charge on any atom is -0.310 e. The molecule has 1 aromatic heterocycles. The molecule has 0 bridgehead atoms. The molecule has 0 radical (unpaired) electrons. The van der Waals surface area contributed by atoms with Crippen molar-refractivity contribution in [1.82, 2.24) is 15.1 Å². The van der Waals surface area contributed by atoms with Crippen LogP contribution >= 0.6 is 0 Å². The average Bonchev–Trinajstić information content (AvgIpc) is 2.80. The van der Waals surface area contributed by atoms with Gasteiger partial charge in [0, 0.05) is 30.8 Å². The lowest BCUT2D eigenvalue weighted by Crippen LogP contribution is -2.18. The Balaban J connectivity index is 2.34. The summed E-state index contributed by atoms with van der Waals surface area (Å²) in [5.74, 6) is 0. The Morgan fingerprint density at radius 2 is 2.35 bits per heavy atom. The molecule has 0 aliphatic carbocycles. The van der Waals surface area contributed by atoms with Crippen LogP contribution in [0.1, 0.15) is 51.1 Å². The number of nitrogens with one attached hydrogen (secondary N) is 1. The molecule has 1 unspecified atom stereocenters. The summed E-state index contributed by atoms with van der Waals surface area (Å²) in [5, 5.41) is 16.2. The van der Waals surface area contributed by atoms with Gasteiger partial charge in [0.05, 0.1) is 12.3 Å². The van der Waals surface area contributed by atoms with Crippen LogP contribution in [0, 0.1) is 11.3 Å². The Bertz CT molecular complexity index is 351. The van der Waals surface area contributed by atoms with E-state index in [4.69, 9.17) is 5.26 Å². The molecule has 17 heavy (non-hydrogen) atoms. The largest absolute Gasteiger partial charge is 0.310 e. The highest BCUT2D eigenvalue weighted by Crippen LogP contribution is 2.11. The minimum atomic E-state index is 0.364. The number of nitrogens with zero attached hydrogens (tertiary/aromatic N) is 3. The number of hydrogen-bond donors (Lipinski definition) is 1. The van der Waals surface area contributed by atoms with Crippen LogP contribution in [0.15, 0.2) is 12.4 Å². The first-order chi connectivity index (χ1) is 8.27. The zero-order valence-electron chi connectivity index (χ0n) is 10.8. The summed E-state index contributed by atoms with van der Waals surface area (Å²) in [6.07, 6.45) is 7.79. The standard InChI is InChI=1S/C13H22N4/c1-3-8-15-12(2)13-10-16-17(11-13)9-6-4-5-7-14/h10-12,15H,3-6,8-9H2,1-2H3. The van der Waals surface area contributed by atoms with Gasteiger partial charge in [0.2, 0.25) is 0 Å². The van der Waals surface area contributed by atoms with Gasteiger partial charge in [-0.25, -0.2) is 0 Å². The Morgan fingerprint density at radius 1 is 1.53 bits per heavy atom. The highest BCUT2D eigenvalue weighted by atomic mass is 15.3. The average molecular weight is 234 g/mol. The van der Waals surface area contributed by atoms with E-state index in [0.29, 0.717) is 12.5 Å². The third-order valence-corrected chi connectivity index (χ3v) is 2.78. The van der Waals surface area contributed by atoms with Crippen molar-refractivity contribution in [3.8, 4) is 6.07 Å². The van der Waals surface area contributed by atoms with Crippen molar-refractivity contribution in [2.75, 3.05) is 6.54 Å². The maximum atomic E-state index is 8.44.